The zero-order valence-electron chi connectivity index (χ0n) is 15.2. The molecule has 0 heterocycles. The fourth-order valence-corrected chi connectivity index (χ4v) is 7.63. The van der Waals surface area contributed by atoms with Gasteiger partial charge in [-0.15, -0.1) is 0 Å². The molecule has 3 heteroatoms. The molecule has 0 bridgehead atoms. The maximum Gasteiger partial charge on any atom is 0.243 e. The van der Waals surface area contributed by atoms with Crippen molar-refractivity contribution in [1.82, 2.24) is 4.98 Å². The molecule has 1 N–H and O–H groups in total. The van der Waals surface area contributed by atoms with E-state index in [1.807, 2.05) is 12.1 Å². The minimum Gasteiger partial charge on any atom is -0.377 e. The summed E-state index contributed by atoms with van der Waals surface area (Å²) in [4.78, 5) is 16.1. The molecule has 0 spiro atoms. The van der Waals surface area contributed by atoms with Crippen LogP contribution in [-0.2, 0) is 6.42 Å². The Bertz CT molecular complexity index is 457. The summed E-state index contributed by atoms with van der Waals surface area (Å²) in [6.45, 7) is 13.4. The van der Waals surface area contributed by atoms with Gasteiger partial charge in [0, 0.05) is 5.56 Å². The third-order valence-corrected chi connectivity index (χ3v) is 11.0. The van der Waals surface area contributed by atoms with E-state index in [0.717, 1.165) is 18.0 Å². The van der Waals surface area contributed by atoms with Gasteiger partial charge >= 0.3 is 0 Å². The summed E-state index contributed by atoms with van der Waals surface area (Å²) in [5.41, 5.74) is 3.22. The third-order valence-electron chi connectivity index (χ3n) is 5.03. The Morgan fingerprint density at radius 2 is 1.59 bits per heavy atom. The molecular formula is C19H33NOSi. The molecule has 0 aliphatic heterocycles. The lowest BCUT2D eigenvalue weighted by atomic mass is 10.1. The molecule has 0 saturated heterocycles. The van der Waals surface area contributed by atoms with Crippen molar-refractivity contribution >= 4 is 14.1 Å². The molecule has 1 aromatic rings. The van der Waals surface area contributed by atoms with Crippen molar-refractivity contribution in [2.75, 3.05) is 0 Å². The predicted octanol–water partition coefficient (Wildman–Crippen LogP) is 5.54. The second kappa shape index (κ2) is 8.52. The van der Waals surface area contributed by atoms with E-state index in [1.165, 1.54) is 18.4 Å². The second-order valence-electron chi connectivity index (χ2n) is 6.96. The summed E-state index contributed by atoms with van der Waals surface area (Å²) in [5.74, 6) is 0.109. The van der Waals surface area contributed by atoms with Crippen molar-refractivity contribution in [1.29, 1.82) is 0 Å². The van der Waals surface area contributed by atoms with Crippen LogP contribution < -0.4 is 4.98 Å². The van der Waals surface area contributed by atoms with E-state index in [0.29, 0.717) is 11.1 Å². The zero-order valence-corrected chi connectivity index (χ0v) is 16.2. The lowest BCUT2D eigenvalue weighted by molar-refractivity contribution is 0.0976. The van der Waals surface area contributed by atoms with Crippen molar-refractivity contribution in [2.45, 2.75) is 77.9 Å². The third kappa shape index (κ3) is 4.45. The van der Waals surface area contributed by atoms with Gasteiger partial charge in [-0.25, -0.2) is 0 Å². The monoisotopic (exact) mass is 319 g/mol. The SMILES string of the molecule is CCCCc1ccc(C(=O)N[Si](CC)(C(C)C)C(C)C)cc1. The van der Waals surface area contributed by atoms with Gasteiger partial charge in [0.15, 0.2) is 8.24 Å². The Morgan fingerprint density at radius 1 is 1.05 bits per heavy atom. The van der Waals surface area contributed by atoms with Crippen LogP contribution in [0.4, 0.5) is 0 Å². The molecule has 22 heavy (non-hydrogen) atoms. The first-order valence-corrected chi connectivity index (χ1v) is 11.1. The molecule has 0 fully saturated rings. The smallest absolute Gasteiger partial charge is 0.243 e. The summed E-state index contributed by atoms with van der Waals surface area (Å²) in [6.07, 6.45) is 3.51. The highest BCUT2D eigenvalue weighted by Crippen LogP contribution is 2.33. The molecule has 124 valence electrons. The molecule has 1 rings (SSSR count). The van der Waals surface area contributed by atoms with E-state index in [1.54, 1.807) is 0 Å². The van der Waals surface area contributed by atoms with Crippen LogP contribution >= 0.6 is 0 Å². The highest BCUT2D eigenvalue weighted by atomic mass is 28.3. The van der Waals surface area contributed by atoms with E-state index in [9.17, 15) is 4.79 Å². The molecule has 0 unspecified atom stereocenters. The van der Waals surface area contributed by atoms with Gasteiger partial charge in [0.25, 0.3) is 0 Å². The molecule has 1 aromatic carbocycles. The Balaban J connectivity index is 2.86. The molecule has 0 atom stereocenters. The first kappa shape index (κ1) is 19.0. The van der Waals surface area contributed by atoms with Crippen molar-refractivity contribution in [3.8, 4) is 0 Å². The van der Waals surface area contributed by atoms with E-state index < -0.39 is 8.24 Å². The molecule has 0 aromatic heterocycles. The fourth-order valence-electron chi connectivity index (χ4n) is 3.35. The van der Waals surface area contributed by atoms with Gasteiger partial charge < -0.3 is 4.98 Å². The number of hydrogen-bond acceptors (Lipinski definition) is 1. The van der Waals surface area contributed by atoms with E-state index >= 15 is 0 Å². The standard InChI is InChI=1S/C19H33NOSi/c1-7-9-10-17-11-13-18(14-12-17)19(21)20-22(8-2,15(3)4)16(5)6/h11-16H,7-10H2,1-6H3,(H,20,21). The highest BCUT2D eigenvalue weighted by Gasteiger charge is 2.40. The maximum atomic E-state index is 12.7. The lowest BCUT2D eigenvalue weighted by Crippen LogP contribution is -2.57. The minimum absolute atomic E-state index is 0.109. The number of benzene rings is 1. The number of amides is 1. The largest absolute Gasteiger partial charge is 0.377 e. The first-order chi connectivity index (χ1) is 10.4. The van der Waals surface area contributed by atoms with Crippen LogP contribution in [0.1, 0.15) is 70.3 Å². The number of hydrogen-bond donors (Lipinski definition) is 1. The summed E-state index contributed by atoms with van der Waals surface area (Å²) >= 11 is 0. The summed E-state index contributed by atoms with van der Waals surface area (Å²) in [7, 11) is -1.80. The fraction of sp³-hybridized carbons (Fsp3) is 0.632. The van der Waals surface area contributed by atoms with Gasteiger partial charge in [-0.05, 0) is 47.7 Å². The molecule has 2 nitrogen and oxygen atoms in total. The average molecular weight is 320 g/mol. The van der Waals surface area contributed by atoms with Crippen molar-refractivity contribution < 1.29 is 4.79 Å². The lowest BCUT2D eigenvalue weighted by Gasteiger charge is -2.39. The van der Waals surface area contributed by atoms with Crippen molar-refractivity contribution in [3.05, 3.63) is 35.4 Å². The zero-order chi connectivity index (χ0) is 16.8. The maximum absolute atomic E-state index is 12.7. The summed E-state index contributed by atoms with van der Waals surface area (Å²) < 4.78 is 0. The van der Waals surface area contributed by atoms with E-state index in [4.69, 9.17) is 0 Å². The van der Waals surface area contributed by atoms with Crippen LogP contribution in [-0.4, -0.2) is 14.1 Å². The molecule has 0 radical (unpaired) electrons. The number of aryl methyl sites for hydroxylation is 1. The number of rotatable bonds is 8. The summed E-state index contributed by atoms with van der Waals surface area (Å²) in [6, 6.07) is 9.25. The number of nitrogens with one attached hydrogen (secondary N) is 1. The minimum atomic E-state index is -1.80. The van der Waals surface area contributed by atoms with Crippen molar-refractivity contribution in [3.63, 3.8) is 0 Å². The van der Waals surface area contributed by atoms with Crippen molar-refractivity contribution in [2.24, 2.45) is 0 Å². The number of unbranched alkanes of at least 4 members (excludes halogenated alkanes) is 1. The Hall–Kier alpha value is -1.09. The first-order valence-electron chi connectivity index (χ1n) is 8.78. The van der Waals surface area contributed by atoms with Crippen LogP contribution in [0.5, 0.6) is 0 Å². The van der Waals surface area contributed by atoms with Gasteiger partial charge in [0.2, 0.25) is 5.91 Å². The van der Waals surface area contributed by atoms with Crippen LogP contribution in [0.25, 0.3) is 0 Å². The van der Waals surface area contributed by atoms with Gasteiger partial charge in [0.1, 0.15) is 0 Å². The Labute approximate surface area is 137 Å². The average Bonchev–Trinajstić information content (AvgIpc) is 2.50. The Morgan fingerprint density at radius 3 is 2.00 bits per heavy atom. The van der Waals surface area contributed by atoms with Gasteiger partial charge in [0.05, 0.1) is 0 Å². The van der Waals surface area contributed by atoms with Gasteiger partial charge in [-0.3, -0.25) is 4.79 Å². The second-order valence-corrected chi connectivity index (χ2v) is 12.3. The van der Waals surface area contributed by atoms with Crippen LogP contribution in [0, 0.1) is 0 Å². The summed E-state index contributed by atoms with van der Waals surface area (Å²) in [5, 5.41) is 0. The highest BCUT2D eigenvalue weighted by molar-refractivity contribution is 6.82. The quantitative estimate of drug-likeness (QED) is 0.626. The van der Waals surface area contributed by atoms with Crippen LogP contribution in [0.15, 0.2) is 24.3 Å². The molecule has 1 amide bonds. The van der Waals surface area contributed by atoms with Gasteiger partial charge in [-0.2, -0.15) is 0 Å². The van der Waals surface area contributed by atoms with E-state index in [-0.39, 0.29) is 5.91 Å². The van der Waals surface area contributed by atoms with E-state index in [2.05, 4.69) is 58.7 Å². The molecule has 0 aliphatic rings. The predicted molar refractivity (Wildman–Crippen MR) is 99.0 cm³/mol. The number of carbonyl (C=O) groups is 1. The number of carbonyl (C=O) groups excluding carboxylic acids is 1. The van der Waals surface area contributed by atoms with Crippen LogP contribution in [0.3, 0.4) is 0 Å². The topological polar surface area (TPSA) is 29.1 Å². The van der Waals surface area contributed by atoms with Crippen LogP contribution in [0.2, 0.25) is 17.1 Å². The molecule has 0 saturated carbocycles. The Kier molecular flexibility index (Phi) is 7.34. The molecular weight excluding hydrogens is 286 g/mol. The van der Waals surface area contributed by atoms with Gasteiger partial charge in [-0.1, -0.05) is 60.1 Å². The molecule has 0 aliphatic carbocycles. The normalized spacial score (nSPS) is 12.0.